The molecule has 178 valence electrons. The average molecular weight is 431 g/mol. The molecule has 5 saturated carbocycles. The molecule has 0 saturated heterocycles. The van der Waals surface area contributed by atoms with Gasteiger partial charge in [0.05, 0.1) is 12.2 Å². The molecule has 6 atom stereocenters. The van der Waals surface area contributed by atoms with Gasteiger partial charge in [-0.1, -0.05) is 77.0 Å². The van der Waals surface area contributed by atoms with Crippen LogP contribution < -0.4 is 0 Å². The Morgan fingerprint density at radius 3 is 1.29 bits per heavy atom. The molecule has 5 aliphatic carbocycles. The van der Waals surface area contributed by atoms with Crippen molar-refractivity contribution in [2.45, 2.75) is 141 Å². The molecule has 31 heavy (non-hydrogen) atoms. The lowest BCUT2D eigenvalue weighted by Gasteiger charge is -2.53. The zero-order valence-corrected chi connectivity index (χ0v) is 20.2. The van der Waals surface area contributed by atoms with E-state index >= 15 is 0 Å². The fourth-order valence-corrected chi connectivity index (χ4v) is 9.74. The van der Waals surface area contributed by atoms with Gasteiger partial charge in [0.1, 0.15) is 0 Å². The molecular formula is C29H50O2. The fraction of sp³-hybridized carbons (Fsp3) is 1.00. The summed E-state index contributed by atoms with van der Waals surface area (Å²) in [7, 11) is 0. The van der Waals surface area contributed by atoms with Crippen LogP contribution in [0.5, 0.6) is 0 Å². The first-order valence-electron chi connectivity index (χ1n) is 14.5. The van der Waals surface area contributed by atoms with Crippen LogP contribution in [0, 0.1) is 40.9 Å². The third-order valence-electron chi connectivity index (χ3n) is 11.4. The molecule has 0 amide bonds. The van der Waals surface area contributed by atoms with E-state index in [1.807, 2.05) is 0 Å². The largest absolute Gasteiger partial charge is 0.393 e. The lowest BCUT2D eigenvalue weighted by molar-refractivity contribution is -0.0760. The highest BCUT2D eigenvalue weighted by Gasteiger charge is 2.52. The van der Waals surface area contributed by atoms with Gasteiger partial charge < -0.3 is 10.2 Å². The Bertz CT molecular complexity index is 511. The van der Waals surface area contributed by atoms with Crippen LogP contribution in [0.25, 0.3) is 0 Å². The molecule has 0 spiro atoms. The van der Waals surface area contributed by atoms with Crippen LogP contribution >= 0.6 is 0 Å². The van der Waals surface area contributed by atoms with Crippen LogP contribution in [0.2, 0.25) is 0 Å². The summed E-state index contributed by atoms with van der Waals surface area (Å²) < 4.78 is 0. The lowest BCUT2D eigenvalue weighted by atomic mass is 9.53. The first-order valence-corrected chi connectivity index (χ1v) is 14.5. The Balaban J connectivity index is 1.32. The van der Waals surface area contributed by atoms with Crippen LogP contribution in [0.1, 0.15) is 128 Å². The molecule has 0 heterocycles. The van der Waals surface area contributed by atoms with Crippen molar-refractivity contribution >= 4 is 0 Å². The van der Waals surface area contributed by atoms with E-state index in [2.05, 4.69) is 0 Å². The molecule has 2 heteroatoms. The Morgan fingerprint density at radius 2 is 0.871 bits per heavy atom. The molecule has 5 fully saturated rings. The number of rotatable bonds is 4. The Labute approximate surface area is 192 Å². The van der Waals surface area contributed by atoms with Crippen molar-refractivity contribution in [3.63, 3.8) is 0 Å². The number of aliphatic hydroxyl groups is 2. The maximum absolute atomic E-state index is 11.0. The van der Waals surface area contributed by atoms with Crippen LogP contribution in [0.15, 0.2) is 0 Å². The molecular weight excluding hydrogens is 380 g/mol. The molecule has 0 aromatic heterocycles. The van der Waals surface area contributed by atoms with Crippen LogP contribution in [-0.4, -0.2) is 22.4 Å². The highest BCUT2D eigenvalue weighted by Crippen LogP contribution is 2.60. The molecule has 0 bridgehead atoms. The van der Waals surface area contributed by atoms with Crippen molar-refractivity contribution in [2.75, 3.05) is 0 Å². The standard InChI is InChI=1S/C29H50O2/c30-27-15-13-23(19-25(27)21-9-3-1-4-10-21)29(17-7-8-18-29)24-14-16-28(31)26(20-24)22-11-5-2-6-12-22/h21-28,30-31H,1-20H2. The summed E-state index contributed by atoms with van der Waals surface area (Å²) in [5.74, 6) is 4.45. The highest BCUT2D eigenvalue weighted by atomic mass is 16.3. The van der Waals surface area contributed by atoms with Gasteiger partial charge in [-0.2, -0.15) is 0 Å². The van der Waals surface area contributed by atoms with E-state index in [0.29, 0.717) is 17.3 Å². The van der Waals surface area contributed by atoms with Gasteiger partial charge in [-0.15, -0.1) is 0 Å². The van der Waals surface area contributed by atoms with Gasteiger partial charge in [-0.3, -0.25) is 0 Å². The van der Waals surface area contributed by atoms with E-state index in [4.69, 9.17) is 0 Å². The van der Waals surface area contributed by atoms with Crippen LogP contribution in [0.3, 0.4) is 0 Å². The van der Waals surface area contributed by atoms with Gasteiger partial charge in [0.15, 0.2) is 0 Å². The minimum absolute atomic E-state index is 0.0269. The van der Waals surface area contributed by atoms with Gasteiger partial charge >= 0.3 is 0 Å². The van der Waals surface area contributed by atoms with E-state index in [9.17, 15) is 10.2 Å². The quantitative estimate of drug-likeness (QED) is 0.492. The summed E-state index contributed by atoms with van der Waals surface area (Å²) in [6.07, 6.45) is 26.9. The lowest BCUT2D eigenvalue weighted by Crippen LogP contribution is -2.47. The minimum Gasteiger partial charge on any atom is -0.393 e. The molecule has 0 radical (unpaired) electrons. The summed E-state index contributed by atoms with van der Waals surface area (Å²) in [5, 5.41) is 22.0. The Hall–Kier alpha value is -0.0800. The second kappa shape index (κ2) is 10.0. The molecule has 5 aliphatic rings. The third-order valence-corrected chi connectivity index (χ3v) is 11.4. The fourth-order valence-electron chi connectivity index (χ4n) is 9.74. The minimum atomic E-state index is -0.0269. The van der Waals surface area contributed by atoms with Crippen molar-refractivity contribution in [1.29, 1.82) is 0 Å². The zero-order valence-electron chi connectivity index (χ0n) is 20.2. The highest BCUT2D eigenvalue weighted by molar-refractivity contribution is 5.02. The predicted octanol–water partition coefficient (Wildman–Crippen LogP) is 7.26. The van der Waals surface area contributed by atoms with Crippen molar-refractivity contribution in [2.24, 2.45) is 40.9 Å². The SMILES string of the molecule is OC1CCC(C2(C3CCC(O)C(C4CCCCC4)C3)CCCC2)CC1C1CCCCC1. The van der Waals surface area contributed by atoms with E-state index in [1.54, 1.807) is 0 Å². The molecule has 0 aliphatic heterocycles. The van der Waals surface area contributed by atoms with Crippen molar-refractivity contribution in [1.82, 2.24) is 0 Å². The van der Waals surface area contributed by atoms with Gasteiger partial charge in [0, 0.05) is 0 Å². The van der Waals surface area contributed by atoms with Gasteiger partial charge in [0.2, 0.25) is 0 Å². The maximum Gasteiger partial charge on any atom is 0.0571 e. The maximum atomic E-state index is 11.0. The third kappa shape index (κ3) is 4.64. The first kappa shape index (κ1) is 22.7. The summed E-state index contributed by atoms with van der Waals surface area (Å²) >= 11 is 0. The van der Waals surface area contributed by atoms with E-state index < -0.39 is 0 Å². The van der Waals surface area contributed by atoms with E-state index in [-0.39, 0.29) is 12.2 Å². The number of hydrogen-bond acceptors (Lipinski definition) is 2. The van der Waals surface area contributed by atoms with Gasteiger partial charge in [-0.25, -0.2) is 0 Å². The monoisotopic (exact) mass is 430 g/mol. The summed E-state index contributed by atoms with van der Waals surface area (Å²) in [6, 6.07) is 0. The normalized spacial score (nSPS) is 43.2. The molecule has 2 nitrogen and oxygen atoms in total. The molecule has 0 aromatic carbocycles. The Kier molecular flexibility index (Phi) is 7.35. The molecule has 0 aromatic rings. The van der Waals surface area contributed by atoms with Crippen LogP contribution in [-0.2, 0) is 0 Å². The van der Waals surface area contributed by atoms with E-state index in [1.165, 1.54) is 116 Å². The second-order valence-corrected chi connectivity index (χ2v) is 12.7. The van der Waals surface area contributed by atoms with Crippen molar-refractivity contribution in [3.05, 3.63) is 0 Å². The summed E-state index contributed by atoms with van der Waals surface area (Å²) in [5.41, 5.74) is 0.542. The predicted molar refractivity (Wildman–Crippen MR) is 128 cm³/mol. The number of hydrogen-bond donors (Lipinski definition) is 2. The summed E-state index contributed by atoms with van der Waals surface area (Å²) in [4.78, 5) is 0. The molecule has 6 unspecified atom stereocenters. The van der Waals surface area contributed by atoms with Crippen molar-refractivity contribution < 1.29 is 10.2 Å². The first-order chi connectivity index (χ1) is 15.2. The topological polar surface area (TPSA) is 40.5 Å². The number of aliphatic hydroxyl groups excluding tert-OH is 2. The molecule has 2 N–H and O–H groups in total. The van der Waals surface area contributed by atoms with Crippen molar-refractivity contribution in [3.8, 4) is 0 Å². The Morgan fingerprint density at radius 1 is 0.452 bits per heavy atom. The second-order valence-electron chi connectivity index (χ2n) is 12.7. The van der Waals surface area contributed by atoms with Crippen LogP contribution in [0.4, 0.5) is 0 Å². The van der Waals surface area contributed by atoms with E-state index in [0.717, 1.165) is 36.5 Å². The average Bonchev–Trinajstić information content (AvgIpc) is 3.32. The zero-order chi connectivity index (χ0) is 21.3. The van der Waals surface area contributed by atoms with Gasteiger partial charge in [0.25, 0.3) is 0 Å². The smallest absolute Gasteiger partial charge is 0.0571 e. The van der Waals surface area contributed by atoms with Gasteiger partial charge in [-0.05, 0) is 92.3 Å². The summed E-state index contributed by atoms with van der Waals surface area (Å²) in [6.45, 7) is 0. The molecule has 5 rings (SSSR count).